The normalized spacial score (nSPS) is 10.4. The molecule has 0 fully saturated rings. The summed E-state index contributed by atoms with van der Waals surface area (Å²) < 4.78 is 0. The predicted molar refractivity (Wildman–Crippen MR) is 110 cm³/mol. The maximum Gasteiger partial charge on any atom is 0.277 e. The number of amides is 1. The molecule has 1 N–H and O–H groups in total. The number of carbonyl (C=O) groups excluding carboxylic acids is 2. The molecule has 0 aliphatic rings. The molecule has 28 heavy (non-hydrogen) atoms. The van der Waals surface area contributed by atoms with Crippen LogP contribution >= 0.6 is 0 Å². The van der Waals surface area contributed by atoms with Crippen LogP contribution in [0.2, 0.25) is 0 Å². The van der Waals surface area contributed by atoms with E-state index in [2.05, 4.69) is 15.3 Å². The molecule has 6 nitrogen and oxygen atoms in total. The van der Waals surface area contributed by atoms with Crippen LogP contribution < -0.4 is 10.2 Å². The fraction of sp³-hybridized carbons (Fsp3) is 0.182. The zero-order chi connectivity index (χ0) is 20.1. The van der Waals surface area contributed by atoms with Gasteiger partial charge in [-0.05, 0) is 57.2 Å². The van der Waals surface area contributed by atoms with E-state index in [1.54, 1.807) is 42.2 Å². The molecule has 0 unspecified atom stereocenters. The lowest BCUT2D eigenvalue weighted by atomic mass is 10.1. The number of aryl methyl sites for hydroxylation is 1. The molecule has 142 valence electrons. The summed E-state index contributed by atoms with van der Waals surface area (Å²) in [5, 5.41) is 3.17. The second kappa shape index (κ2) is 8.43. The van der Waals surface area contributed by atoms with E-state index in [4.69, 9.17) is 0 Å². The van der Waals surface area contributed by atoms with Gasteiger partial charge in [-0.25, -0.2) is 9.97 Å². The molecule has 0 bridgehead atoms. The zero-order valence-corrected chi connectivity index (χ0v) is 16.1. The topological polar surface area (TPSA) is 75.2 Å². The Kier molecular flexibility index (Phi) is 5.79. The highest BCUT2D eigenvalue weighted by atomic mass is 16.2. The van der Waals surface area contributed by atoms with E-state index in [0.717, 1.165) is 11.4 Å². The van der Waals surface area contributed by atoms with Gasteiger partial charge in [0, 0.05) is 29.5 Å². The lowest BCUT2D eigenvalue weighted by molar-refractivity contribution is 0.0981. The average Bonchev–Trinajstić information content (AvgIpc) is 2.69. The molecule has 0 saturated heterocycles. The van der Waals surface area contributed by atoms with Crippen molar-refractivity contribution in [3.8, 4) is 0 Å². The van der Waals surface area contributed by atoms with E-state index in [9.17, 15) is 9.59 Å². The number of ketones is 1. The fourth-order valence-electron chi connectivity index (χ4n) is 2.87. The summed E-state index contributed by atoms with van der Waals surface area (Å²) in [6.45, 7) is 5.73. The third kappa shape index (κ3) is 4.40. The van der Waals surface area contributed by atoms with Gasteiger partial charge in [-0.15, -0.1) is 0 Å². The van der Waals surface area contributed by atoms with E-state index in [1.165, 1.54) is 6.92 Å². The molecule has 0 atom stereocenters. The molecular weight excluding hydrogens is 352 g/mol. The highest BCUT2D eigenvalue weighted by Crippen LogP contribution is 2.20. The molecule has 0 aliphatic heterocycles. The summed E-state index contributed by atoms with van der Waals surface area (Å²) in [6.07, 6.45) is 0. The lowest BCUT2D eigenvalue weighted by Gasteiger charge is -2.21. The molecule has 0 radical (unpaired) electrons. The highest BCUT2D eigenvalue weighted by Gasteiger charge is 2.19. The Bertz CT molecular complexity index is 985. The van der Waals surface area contributed by atoms with Gasteiger partial charge in [-0.1, -0.05) is 18.2 Å². The van der Waals surface area contributed by atoms with Crippen molar-refractivity contribution in [2.45, 2.75) is 20.8 Å². The lowest BCUT2D eigenvalue weighted by Crippen LogP contribution is -2.31. The van der Waals surface area contributed by atoms with E-state index in [1.807, 2.05) is 37.3 Å². The summed E-state index contributed by atoms with van der Waals surface area (Å²) in [4.78, 5) is 34.8. The van der Waals surface area contributed by atoms with Crippen LogP contribution in [-0.4, -0.2) is 28.2 Å². The third-order valence-electron chi connectivity index (χ3n) is 4.25. The van der Waals surface area contributed by atoms with Crippen LogP contribution in [-0.2, 0) is 0 Å². The number of nitrogens with zero attached hydrogens (tertiary/aromatic N) is 3. The van der Waals surface area contributed by atoms with E-state index in [-0.39, 0.29) is 11.7 Å². The number of hydrogen-bond acceptors (Lipinski definition) is 5. The Hall–Kier alpha value is -3.54. The molecule has 2 aromatic carbocycles. The molecular formula is C22H22N4O2. The minimum Gasteiger partial charge on any atom is -0.340 e. The first-order valence-electron chi connectivity index (χ1n) is 9.08. The van der Waals surface area contributed by atoms with Gasteiger partial charge in [0.15, 0.2) is 5.78 Å². The summed E-state index contributed by atoms with van der Waals surface area (Å²) >= 11 is 0. The first-order valence-corrected chi connectivity index (χ1v) is 9.08. The fourth-order valence-corrected chi connectivity index (χ4v) is 2.87. The standard InChI is InChI=1S/C22H22N4O2/c1-4-26(19-8-6-5-7-9-19)22(28)20-14-21(24-16(3)23-20)25-18-12-10-17(11-13-18)15(2)27/h5-14H,4H2,1-3H3,(H,23,24,25). The minimum atomic E-state index is -0.186. The van der Waals surface area contributed by atoms with Gasteiger partial charge in [0.25, 0.3) is 5.91 Å². The van der Waals surface area contributed by atoms with E-state index >= 15 is 0 Å². The van der Waals surface area contributed by atoms with E-state index in [0.29, 0.717) is 29.4 Å². The molecule has 1 heterocycles. The van der Waals surface area contributed by atoms with Crippen LogP contribution in [0.4, 0.5) is 17.2 Å². The smallest absolute Gasteiger partial charge is 0.277 e. The Labute approximate surface area is 164 Å². The molecule has 3 rings (SSSR count). The quantitative estimate of drug-likeness (QED) is 0.647. The van der Waals surface area contributed by atoms with Crippen molar-refractivity contribution in [2.75, 3.05) is 16.8 Å². The van der Waals surface area contributed by atoms with Crippen LogP contribution in [0, 0.1) is 6.92 Å². The molecule has 0 aliphatic carbocycles. The molecule has 1 amide bonds. The van der Waals surface area contributed by atoms with Crippen molar-refractivity contribution in [3.05, 3.63) is 77.7 Å². The van der Waals surface area contributed by atoms with Crippen LogP contribution in [0.25, 0.3) is 0 Å². The molecule has 3 aromatic rings. The summed E-state index contributed by atoms with van der Waals surface area (Å²) in [5.41, 5.74) is 2.56. The average molecular weight is 374 g/mol. The van der Waals surface area contributed by atoms with Crippen molar-refractivity contribution in [1.82, 2.24) is 9.97 Å². The molecule has 0 spiro atoms. The number of carbonyl (C=O) groups is 2. The van der Waals surface area contributed by atoms with Crippen molar-refractivity contribution in [2.24, 2.45) is 0 Å². The van der Waals surface area contributed by atoms with Gasteiger partial charge in [-0.3, -0.25) is 9.59 Å². The van der Waals surface area contributed by atoms with Gasteiger partial charge >= 0.3 is 0 Å². The minimum absolute atomic E-state index is 0.0119. The van der Waals surface area contributed by atoms with Crippen molar-refractivity contribution < 1.29 is 9.59 Å². The number of nitrogens with one attached hydrogen (secondary N) is 1. The monoisotopic (exact) mass is 374 g/mol. The van der Waals surface area contributed by atoms with Gasteiger partial charge in [-0.2, -0.15) is 0 Å². The Morgan fingerprint density at radius 3 is 2.29 bits per heavy atom. The molecule has 0 saturated carbocycles. The zero-order valence-electron chi connectivity index (χ0n) is 16.1. The highest BCUT2D eigenvalue weighted by molar-refractivity contribution is 6.05. The Morgan fingerprint density at radius 1 is 1.00 bits per heavy atom. The molecule has 6 heteroatoms. The number of aromatic nitrogens is 2. The summed E-state index contributed by atoms with van der Waals surface area (Å²) in [6, 6.07) is 18.2. The predicted octanol–water partition coefficient (Wildman–Crippen LogP) is 4.40. The number of para-hydroxylation sites is 1. The number of rotatable bonds is 6. The van der Waals surface area contributed by atoms with Gasteiger partial charge in [0.05, 0.1) is 0 Å². The second-order valence-electron chi connectivity index (χ2n) is 6.33. The van der Waals surface area contributed by atoms with Gasteiger partial charge in [0.2, 0.25) is 0 Å². The van der Waals surface area contributed by atoms with Crippen molar-refractivity contribution in [3.63, 3.8) is 0 Å². The van der Waals surface area contributed by atoms with Gasteiger partial charge < -0.3 is 10.2 Å². The third-order valence-corrected chi connectivity index (χ3v) is 4.25. The second-order valence-corrected chi connectivity index (χ2v) is 6.33. The van der Waals surface area contributed by atoms with Crippen molar-refractivity contribution >= 4 is 28.9 Å². The van der Waals surface area contributed by atoms with Crippen LogP contribution in [0.5, 0.6) is 0 Å². The maximum atomic E-state index is 13.0. The number of benzene rings is 2. The van der Waals surface area contributed by atoms with Crippen LogP contribution in [0.3, 0.4) is 0 Å². The van der Waals surface area contributed by atoms with Crippen LogP contribution in [0.1, 0.15) is 40.5 Å². The van der Waals surface area contributed by atoms with Gasteiger partial charge in [0.1, 0.15) is 17.3 Å². The Balaban J connectivity index is 1.86. The number of hydrogen-bond donors (Lipinski definition) is 1. The summed E-state index contributed by atoms with van der Waals surface area (Å²) in [5.74, 6) is 0.848. The van der Waals surface area contributed by atoms with Crippen molar-refractivity contribution in [1.29, 1.82) is 0 Å². The maximum absolute atomic E-state index is 13.0. The largest absolute Gasteiger partial charge is 0.340 e. The number of anilines is 3. The van der Waals surface area contributed by atoms with Crippen LogP contribution in [0.15, 0.2) is 60.7 Å². The first kappa shape index (κ1) is 19.2. The summed E-state index contributed by atoms with van der Waals surface area (Å²) in [7, 11) is 0. The van der Waals surface area contributed by atoms with E-state index < -0.39 is 0 Å². The first-order chi connectivity index (χ1) is 13.5. The SMILES string of the molecule is CCN(C(=O)c1cc(Nc2ccc(C(C)=O)cc2)nc(C)n1)c1ccccc1. The Morgan fingerprint density at radius 2 is 1.68 bits per heavy atom. The number of Topliss-reactive ketones (excluding diaryl/α,β-unsaturated/α-hetero) is 1. The molecule has 1 aromatic heterocycles.